The Morgan fingerprint density at radius 2 is 1.04 bits per heavy atom. The third kappa shape index (κ3) is 18.0. The van der Waals surface area contributed by atoms with Crippen molar-refractivity contribution in [1.29, 1.82) is 0 Å². The molecule has 0 bridgehead atoms. The van der Waals surface area contributed by atoms with E-state index in [2.05, 4.69) is 21.3 Å². The number of hydrogen-bond donors (Lipinski definition) is 4. The van der Waals surface area contributed by atoms with Gasteiger partial charge >= 0.3 is 12.1 Å². The maximum atomic E-state index is 11.5. The van der Waals surface area contributed by atoms with Crippen LogP contribution in [0.1, 0.15) is 53.4 Å². The molecule has 0 saturated heterocycles. The average Bonchev–Trinajstić information content (AvgIpc) is 2.60. The quantitative estimate of drug-likeness (QED) is 0.262. The van der Waals surface area contributed by atoms with E-state index in [0.717, 1.165) is 12.8 Å². The highest BCUT2D eigenvalue weighted by atomic mass is 33.1. The van der Waals surface area contributed by atoms with E-state index in [9.17, 15) is 19.2 Å². The number of rotatable bonds is 13. The Balaban J connectivity index is 3.54. The van der Waals surface area contributed by atoms with Crippen molar-refractivity contribution < 1.29 is 19.2 Å². The van der Waals surface area contributed by atoms with E-state index in [1.54, 1.807) is 21.6 Å². The van der Waals surface area contributed by atoms with Gasteiger partial charge in [-0.3, -0.25) is 20.2 Å². The fourth-order valence-electron chi connectivity index (χ4n) is 1.84. The summed E-state index contributed by atoms with van der Waals surface area (Å²) in [5.41, 5.74) is 0. The maximum absolute atomic E-state index is 11.5. The molecule has 0 atom stereocenters. The van der Waals surface area contributed by atoms with Crippen molar-refractivity contribution in [1.82, 2.24) is 21.3 Å². The summed E-state index contributed by atoms with van der Waals surface area (Å²) >= 11 is 0. The van der Waals surface area contributed by atoms with Crippen LogP contribution in [-0.4, -0.2) is 48.5 Å². The smallest absolute Gasteiger partial charge is 0.321 e. The maximum Gasteiger partial charge on any atom is 0.321 e. The van der Waals surface area contributed by atoms with E-state index >= 15 is 0 Å². The predicted molar refractivity (Wildman–Crippen MR) is 116 cm³/mol. The molecule has 4 N–H and O–H groups in total. The minimum absolute atomic E-state index is 0.264. The van der Waals surface area contributed by atoms with Gasteiger partial charge in [0.15, 0.2) is 0 Å². The summed E-state index contributed by atoms with van der Waals surface area (Å²) in [5.74, 6) is 1.68. The topological polar surface area (TPSA) is 116 Å². The molecule has 0 aromatic rings. The highest BCUT2D eigenvalue weighted by Crippen LogP contribution is 2.19. The molecule has 0 radical (unpaired) electrons. The summed E-state index contributed by atoms with van der Waals surface area (Å²) in [6.45, 7) is 8.99. The van der Waals surface area contributed by atoms with Crippen LogP contribution in [-0.2, 0) is 9.59 Å². The minimum atomic E-state index is -0.472. The Morgan fingerprint density at radius 1 is 0.679 bits per heavy atom. The minimum Gasteiger partial charge on any atom is -0.337 e. The van der Waals surface area contributed by atoms with Crippen molar-refractivity contribution in [3.05, 3.63) is 0 Å². The van der Waals surface area contributed by atoms with Gasteiger partial charge in [-0.15, -0.1) is 0 Å². The van der Waals surface area contributed by atoms with E-state index in [4.69, 9.17) is 0 Å². The third-order valence-corrected chi connectivity index (χ3v) is 5.84. The van der Waals surface area contributed by atoms with Crippen molar-refractivity contribution in [2.75, 3.05) is 24.6 Å². The molecule has 0 aliphatic carbocycles. The van der Waals surface area contributed by atoms with Crippen molar-refractivity contribution in [3.8, 4) is 0 Å². The lowest BCUT2D eigenvalue weighted by Gasteiger charge is -2.08. The Bertz CT molecular complexity index is 458. The van der Waals surface area contributed by atoms with Crippen molar-refractivity contribution >= 4 is 45.5 Å². The lowest BCUT2D eigenvalue weighted by Crippen LogP contribution is -2.40. The molecule has 0 aliphatic heterocycles. The zero-order valence-electron chi connectivity index (χ0n) is 17.3. The SMILES string of the molecule is CC(C)CCC(=O)NC(=O)NCCSSCCNC(=O)NC(=O)CCC(C)C. The van der Waals surface area contributed by atoms with Gasteiger partial charge in [-0.25, -0.2) is 9.59 Å². The van der Waals surface area contributed by atoms with Crippen molar-refractivity contribution in [2.45, 2.75) is 53.4 Å². The average molecular weight is 435 g/mol. The molecule has 0 saturated carbocycles. The fourth-order valence-corrected chi connectivity index (χ4v) is 3.65. The molecular weight excluding hydrogens is 400 g/mol. The van der Waals surface area contributed by atoms with E-state index in [0.29, 0.717) is 49.3 Å². The normalized spacial score (nSPS) is 10.6. The monoisotopic (exact) mass is 434 g/mol. The molecule has 28 heavy (non-hydrogen) atoms. The summed E-state index contributed by atoms with van der Waals surface area (Å²) in [5, 5.41) is 9.86. The molecular formula is C18H34N4O4S2. The molecule has 0 unspecified atom stereocenters. The summed E-state index contributed by atoms with van der Waals surface area (Å²) in [7, 11) is 3.11. The third-order valence-electron chi connectivity index (χ3n) is 3.43. The van der Waals surface area contributed by atoms with Crippen LogP contribution in [0.25, 0.3) is 0 Å². The summed E-state index contributed by atoms with van der Waals surface area (Å²) < 4.78 is 0. The Kier molecular flexibility index (Phi) is 15.7. The number of nitrogens with one attached hydrogen (secondary N) is 4. The highest BCUT2D eigenvalue weighted by Gasteiger charge is 2.09. The number of hydrogen-bond acceptors (Lipinski definition) is 6. The number of carbonyl (C=O) groups excluding carboxylic acids is 4. The van der Waals surface area contributed by atoms with Gasteiger partial charge in [-0.2, -0.15) is 0 Å². The lowest BCUT2D eigenvalue weighted by molar-refractivity contribution is -0.121. The molecule has 10 heteroatoms. The van der Waals surface area contributed by atoms with E-state index in [1.165, 1.54) is 0 Å². The first kappa shape index (κ1) is 26.6. The summed E-state index contributed by atoms with van der Waals surface area (Å²) in [6.07, 6.45) is 2.20. The number of amides is 6. The number of carbonyl (C=O) groups is 4. The number of urea groups is 2. The first-order valence-electron chi connectivity index (χ1n) is 9.60. The van der Waals surface area contributed by atoms with Gasteiger partial charge in [0, 0.05) is 37.4 Å². The molecule has 0 rings (SSSR count). The Morgan fingerprint density at radius 3 is 1.36 bits per heavy atom. The number of imide groups is 2. The molecule has 0 aliphatic rings. The van der Waals surface area contributed by atoms with Gasteiger partial charge in [0.1, 0.15) is 0 Å². The van der Waals surface area contributed by atoms with Gasteiger partial charge in [-0.1, -0.05) is 49.3 Å². The van der Waals surface area contributed by atoms with Gasteiger partial charge in [0.2, 0.25) is 11.8 Å². The molecule has 162 valence electrons. The van der Waals surface area contributed by atoms with Crippen LogP contribution in [0.4, 0.5) is 9.59 Å². The largest absolute Gasteiger partial charge is 0.337 e. The second kappa shape index (κ2) is 16.5. The van der Waals surface area contributed by atoms with Gasteiger partial charge in [-0.05, 0) is 24.7 Å². The molecule has 0 spiro atoms. The van der Waals surface area contributed by atoms with E-state index in [1.807, 2.05) is 27.7 Å². The summed E-state index contributed by atoms with van der Waals surface area (Å²) in [4.78, 5) is 46.1. The highest BCUT2D eigenvalue weighted by molar-refractivity contribution is 8.76. The van der Waals surface area contributed by atoms with Gasteiger partial charge in [0.25, 0.3) is 0 Å². The molecule has 0 aromatic carbocycles. The second-order valence-corrected chi connectivity index (χ2v) is 9.82. The van der Waals surface area contributed by atoms with Crippen LogP contribution in [0.5, 0.6) is 0 Å². The molecule has 6 amide bonds. The fraction of sp³-hybridized carbons (Fsp3) is 0.778. The molecule has 8 nitrogen and oxygen atoms in total. The summed E-state index contributed by atoms with van der Waals surface area (Å²) in [6, 6.07) is -0.945. The Labute approximate surface area is 175 Å². The van der Waals surface area contributed by atoms with Crippen LogP contribution in [0.3, 0.4) is 0 Å². The first-order chi connectivity index (χ1) is 13.2. The van der Waals surface area contributed by atoms with Crippen LogP contribution in [0.2, 0.25) is 0 Å². The van der Waals surface area contributed by atoms with Crippen LogP contribution < -0.4 is 21.3 Å². The molecule has 0 fully saturated rings. The first-order valence-corrected chi connectivity index (χ1v) is 12.1. The Hall–Kier alpha value is -1.42. The zero-order chi connectivity index (χ0) is 21.4. The standard InChI is InChI=1S/C18H34N4O4S2/c1-13(2)5-7-15(23)21-17(25)19-9-11-27-28-12-10-20-18(26)22-16(24)8-6-14(3)4/h13-14H,5-12H2,1-4H3,(H2,19,21,23,25)(H2,20,22,24,26). The zero-order valence-corrected chi connectivity index (χ0v) is 18.9. The lowest BCUT2D eigenvalue weighted by atomic mass is 10.1. The van der Waals surface area contributed by atoms with Gasteiger partial charge in [0.05, 0.1) is 0 Å². The molecule has 0 heterocycles. The molecule has 0 aromatic heterocycles. The van der Waals surface area contributed by atoms with Crippen LogP contribution >= 0.6 is 21.6 Å². The predicted octanol–water partition coefficient (Wildman–Crippen LogP) is 2.89. The second-order valence-electron chi connectivity index (χ2n) is 7.12. The van der Waals surface area contributed by atoms with Crippen LogP contribution in [0.15, 0.2) is 0 Å². The van der Waals surface area contributed by atoms with E-state index in [-0.39, 0.29) is 11.8 Å². The van der Waals surface area contributed by atoms with E-state index < -0.39 is 12.1 Å². The van der Waals surface area contributed by atoms with Gasteiger partial charge < -0.3 is 10.6 Å². The van der Waals surface area contributed by atoms with Crippen LogP contribution in [0, 0.1) is 11.8 Å². The van der Waals surface area contributed by atoms with Crippen molar-refractivity contribution in [3.63, 3.8) is 0 Å². The van der Waals surface area contributed by atoms with Crippen molar-refractivity contribution in [2.24, 2.45) is 11.8 Å².